The highest BCUT2D eigenvalue weighted by atomic mass is 16.4. The van der Waals surface area contributed by atoms with Gasteiger partial charge in [-0.3, -0.25) is 0 Å². The van der Waals surface area contributed by atoms with Crippen molar-refractivity contribution in [2.45, 2.75) is 33.7 Å². The van der Waals surface area contributed by atoms with Gasteiger partial charge in [0.05, 0.1) is 6.54 Å². The van der Waals surface area contributed by atoms with Crippen LogP contribution in [0.15, 0.2) is 16.5 Å². The van der Waals surface area contributed by atoms with Crippen molar-refractivity contribution in [1.29, 1.82) is 0 Å². The summed E-state index contributed by atoms with van der Waals surface area (Å²) in [4.78, 5) is 22.1. The molecule has 0 aliphatic rings. The molecule has 3 N–H and O–H groups in total. The highest BCUT2D eigenvalue weighted by Crippen LogP contribution is 2.16. The molecule has 0 bridgehead atoms. The Bertz CT molecular complexity index is 446. The zero-order chi connectivity index (χ0) is 14.5. The van der Waals surface area contributed by atoms with Gasteiger partial charge in [0.2, 0.25) is 5.76 Å². The minimum Gasteiger partial charge on any atom is -0.475 e. The largest absolute Gasteiger partial charge is 0.475 e. The summed E-state index contributed by atoms with van der Waals surface area (Å²) in [7, 11) is 0. The molecule has 6 heteroatoms. The third-order valence-electron chi connectivity index (χ3n) is 2.46. The zero-order valence-electron chi connectivity index (χ0n) is 11.4. The standard InChI is InChI=1S/C13H20N2O4/c1-13(2,3)6-7-14-12(18)15-8-9-4-5-10(19-9)11(16)17/h4-5H,6-8H2,1-3H3,(H,16,17)(H2,14,15,18). The van der Waals surface area contributed by atoms with Gasteiger partial charge >= 0.3 is 12.0 Å². The molecular weight excluding hydrogens is 248 g/mol. The summed E-state index contributed by atoms with van der Waals surface area (Å²) in [5, 5.41) is 14.0. The number of aromatic carboxylic acids is 1. The number of urea groups is 1. The van der Waals surface area contributed by atoms with E-state index in [2.05, 4.69) is 31.4 Å². The number of hydrogen-bond donors (Lipinski definition) is 3. The van der Waals surface area contributed by atoms with E-state index in [0.29, 0.717) is 12.3 Å². The zero-order valence-corrected chi connectivity index (χ0v) is 11.4. The van der Waals surface area contributed by atoms with Crippen molar-refractivity contribution in [3.05, 3.63) is 23.7 Å². The molecule has 0 aliphatic carbocycles. The monoisotopic (exact) mass is 268 g/mol. The van der Waals surface area contributed by atoms with Crippen LogP contribution in [0.25, 0.3) is 0 Å². The van der Waals surface area contributed by atoms with Gasteiger partial charge in [0.25, 0.3) is 0 Å². The van der Waals surface area contributed by atoms with Crippen molar-refractivity contribution in [1.82, 2.24) is 10.6 Å². The van der Waals surface area contributed by atoms with Crippen LogP contribution in [0.1, 0.15) is 43.5 Å². The third-order valence-corrected chi connectivity index (χ3v) is 2.46. The Morgan fingerprint density at radius 1 is 1.26 bits per heavy atom. The highest BCUT2D eigenvalue weighted by molar-refractivity contribution is 5.84. The summed E-state index contributed by atoms with van der Waals surface area (Å²) in [6.07, 6.45) is 0.879. The summed E-state index contributed by atoms with van der Waals surface area (Å²) in [5.41, 5.74) is 0.171. The molecule has 0 saturated heterocycles. The van der Waals surface area contributed by atoms with E-state index in [1.165, 1.54) is 12.1 Å². The molecule has 1 aromatic rings. The smallest absolute Gasteiger partial charge is 0.371 e. The Labute approximate surface area is 112 Å². The van der Waals surface area contributed by atoms with E-state index in [-0.39, 0.29) is 23.8 Å². The topological polar surface area (TPSA) is 91.6 Å². The van der Waals surface area contributed by atoms with Crippen LogP contribution in [0, 0.1) is 5.41 Å². The molecule has 19 heavy (non-hydrogen) atoms. The number of carbonyl (C=O) groups excluding carboxylic acids is 1. The maximum Gasteiger partial charge on any atom is 0.371 e. The quantitative estimate of drug-likeness (QED) is 0.763. The number of hydrogen-bond acceptors (Lipinski definition) is 3. The van der Waals surface area contributed by atoms with Crippen LogP contribution in [0.4, 0.5) is 4.79 Å². The average molecular weight is 268 g/mol. The summed E-state index contributed by atoms with van der Waals surface area (Å²) >= 11 is 0. The number of furan rings is 1. The van der Waals surface area contributed by atoms with Crippen molar-refractivity contribution in [3.63, 3.8) is 0 Å². The lowest BCUT2D eigenvalue weighted by atomic mass is 9.92. The molecule has 0 saturated carbocycles. The fourth-order valence-corrected chi connectivity index (χ4v) is 1.37. The number of carboxylic acid groups (broad SMARTS) is 1. The first kappa shape index (κ1) is 15.1. The van der Waals surface area contributed by atoms with Gasteiger partial charge in [-0.2, -0.15) is 0 Å². The molecule has 0 fully saturated rings. The molecule has 0 atom stereocenters. The van der Waals surface area contributed by atoms with Gasteiger partial charge in [0, 0.05) is 6.54 Å². The second-order valence-electron chi connectivity index (χ2n) is 5.49. The minimum absolute atomic E-state index is 0.134. The second-order valence-corrected chi connectivity index (χ2v) is 5.49. The predicted molar refractivity (Wildman–Crippen MR) is 70.0 cm³/mol. The van der Waals surface area contributed by atoms with Gasteiger partial charge in [-0.15, -0.1) is 0 Å². The van der Waals surface area contributed by atoms with Crippen LogP contribution in [0.5, 0.6) is 0 Å². The molecule has 106 valence electrons. The van der Waals surface area contributed by atoms with Crippen molar-refractivity contribution in [2.75, 3.05) is 6.54 Å². The summed E-state index contributed by atoms with van der Waals surface area (Å²) in [5.74, 6) is -0.853. The van der Waals surface area contributed by atoms with Crippen LogP contribution in [-0.2, 0) is 6.54 Å². The second kappa shape index (κ2) is 6.26. The molecule has 0 spiro atoms. The molecule has 1 heterocycles. The van der Waals surface area contributed by atoms with Crippen LogP contribution in [0.2, 0.25) is 0 Å². The maximum atomic E-state index is 11.5. The average Bonchev–Trinajstić information content (AvgIpc) is 2.73. The molecule has 0 aromatic carbocycles. The highest BCUT2D eigenvalue weighted by Gasteiger charge is 2.11. The van der Waals surface area contributed by atoms with E-state index < -0.39 is 5.97 Å². The first-order valence-corrected chi connectivity index (χ1v) is 6.12. The Morgan fingerprint density at radius 3 is 2.47 bits per heavy atom. The first-order valence-electron chi connectivity index (χ1n) is 6.12. The van der Waals surface area contributed by atoms with E-state index in [4.69, 9.17) is 9.52 Å². The molecule has 0 aliphatic heterocycles. The van der Waals surface area contributed by atoms with Crippen molar-refractivity contribution in [2.24, 2.45) is 5.41 Å². The maximum absolute atomic E-state index is 11.5. The van der Waals surface area contributed by atoms with Crippen molar-refractivity contribution in [3.8, 4) is 0 Å². The lowest BCUT2D eigenvalue weighted by molar-refractivity contribution is 0.0660. The number of rotatable bonds is 5. The van der Waals surface area contributed by atoms with Crippen LogP contribution < -0.4 is 10.6 Å². The minimum atomic E-state index is -1.12. The van der Waals surface area contributed by atoms with Gasteiger partial charge in [0.15, 0.2) is 0 Å². The Morgan fingerprint density at radius 2 is 1.95 bits per heavy atom. The summed E-state index contributed by atoms with van der Waals surface area (Å²) < 4.78 is 5.01. The van der Waals surface area contributed by atoms with Crippen LogP contribution >= 0.6 is 0 Å². The van der Waals surface area contributed by atoms with Crippen LogP contribution in [0.3, 0.4) is 0 Å². The van der Waals surface area contributed by atoms with E-state index >= 15 is 0 Å². The Hall–Kier alpha value is -1.98. The molecule has 1 rings (SSSR count). The van der Waals surface area contributed by atoms with Gasteiger partial charge < -0.3 is 20.2 Å². The fraction of sp³-hybridized carbons (Fsp3) is 0.538. The molecule has 0 radical (unpaired) electrons. The fourth-order valence-electron chi connectivity index (χ4n) is 1.37. The van der Waals surface area contributed by atoms with E-state index in [1.807, 2.05) is 0 Å². The van der Waals surface area contributed by atoms with E-state index in [9.17, 15) is 9.59 Å². The third kappa shape index (κ3) is 5.94. The number of amides is 2. The van der Waals surface area contributed by atoms with Crippen molar-refractivity contribution < 1.29 is 19.1 Å². The number of carbonyl (C=O) groups is 2. The molecule has 0 unspecified atom stereocenters. The molecular formula is C13H20N2O4. The molecule has 1 aromatic heterocycles. The summed E-state index contributed by atoms with van der Waals surface area (Å²) in [6, 6.07) is 2.59. The predicted octanol–water partition coefficient (Wildman–Crippen LogP) is 2.21. The van der Waals surface area contributed by atoms with Gasteiger partial charge in [-0.25, -0.2) is 9.59 Å². The van der Waals surface area contributed by atoms with Gasteiger partial charge in [-0.1, -0.05) is 20.8 Å². The molecule has 2 amide bonds. The summed E-state index contributed by atoms with van der Waals surface area (Å²) in [6.45, 7) is 7.05. The first-order chi connectivity index (χ1) is 8.78. The van der Waals surface area contributed by atoms with Crippen molar-refractivity contribution >= 4 is 12.0 Å². The molecule has 6 nitrogen and oxygen atoms in total. The number of carboxylic acids is 1. The normalized spacial score (nSPS) is 11.1. The lowest BCUT2D eigenvalue weighted by Gasteiger charge is -2.18. The van der Waals surface area contributed by atoms with E-state index in [1.54, 1.807) is 0 Å². The van der Waals surface area contributed by atoms with Gasteiger partial charge in [-0.05, 0) is 24.0 Å². The lowest BCUT2D eigenvalue weighted by Crippen LogP contribution is -2.36. The Kier molecular flexibility index (Phi) is 4.97. The SMILES string of the molecule is CC(C)(C)CCNC(=O)NCc1ccc(C(=O)O)o1. The number of nitrogens with one attached hydrogen (secondary N) is 2. The van der Waals surface area contributed by atoms with Gasteiger partial charge in [0.1, 0.15) is 5.76 Å². The van der Waals surface area contributed by atoms with E-state index in [0.717, 1.165) is 6.42 Å². The Balaban J connectivity index is 2.28. The van der Waals surface area contributed by atoms with Crippen LogP contribution in [-0.4, -0.2) is 23.7 Å².